The van der Waals surface area contributed by atoms with Gasteiger partial charge in [0.25, 0.3) is 6.43 Å². The van der Waals surface area contributed by atoms with Gasteiger partial charge in [0, 0.05) is 21.4 Å². The lowest BCUT2D eigenvalue weighted by atomic mass is 9.94. The van der Waals surface area contributed by atoms with Gasteiger partial charge < -0.3 is 0 Å². The number of halogens is 3. The molecule has 0 saturated heterocycles. The average Bonchev–Trinajstić information content (AvgIpc) is 3.14. The van der Waals surface area contributed by atoms with Crippen molar-refractivity contribution in [3.05, 3.63) is 85.4 Å². The third-order valence-electron chi connectivity index (χ3n) is 5.07. The fraction of sp³-hybridized carbons (Fsp3) is 0.143. The number of nitriles is 2. The molecule has 10 heteroatoms. The first kappa shape index (κ1) is 20.5. The second kappa shape index (κ2) is 7.82. The number of nitrogens with one attached hydrogen (secondary N) is 1. The Labute approximate surface area is 183 Å². The molecule has 1 atom stereocenters. The van der Waals surface area contributed by atoms with Gasteiger partial charge >= 0.3 is 5.69 Å². The zero-order valence-corrected chi connectivity index (χ0v) is 17.6. The molecule has 3 aromatic rings. The molecule has 0 fully saturated rings. The summed E-state index contributed by atoms with van der Waals surface area (Å²) in [5.41, 5.74) is 1.28. The number of nitrogens with zero attached hydrogens (tertiary/aromatic N) is 5. The van der Waals surface area contributed by atoms with Gasteiger partial charge in [-0.2, -0.15) is 10.5 Å². The summed E-state index contributed by atoms with van der Waals surface area (Å²) in [6.07, 6.45) is -2.67. The second-order valence-electron chi connectivity index (χ2n) is 6.79. The van der Waals surface area contributed by atoms with Crippen molar-refractivity contribution >= 4 is 27.6 Å². The number of anilines is 2. The predicted molar refractivity (Wildman–Crippen MR) is 112 cm³/mol. The molecule has 4 rings (SSSR count). The van der Waals surface area contributed by atoms with E-state index in [-0.39, 0.29) is 17.1 Å². The van der Waals surface area contributed by atoms with Crippen molar-refractivity contribution in [2.24, 2.45) is 0 Å². The van der Waals surface area contributed by atoms with Crippen molar-refractivity contribution in [1.29, 1.82) is 10.5 Å². The second-order valence-corrected chi connectivity index (χ2v) is 7.65. The molecule has 0 bridgehead atoms. The number of aromatic nitrogens is 3. The average molecular weight is 483 g/mol. The molecule has 2 heterocycles. The lowest BCUT2D eigenvalue weighted by molar-refractivity contribution is 0.151. The largest absolute Gasteiger partial charge is 0.345 e. The van der Waals surface area contributed by atoms with E-state index in [9.17, 15) is 18.8 Å². The minimum absolute atomic E-state index is 0.161. The van der Waals surface area contributed by atoms with Crippen LogP contribution in [-0.4, -0.2) is 14.8 Å². The van der Waals surface area contributed by atoms with Gasteiger partial charge in [-0.3, -0.25) is 4.90 Å². The maximum absolute atomic E-state index is 13.3. The van der Waals surface area contributed by atoms with Gasteiger partial charge in [-0.15, -0.1) is 5.10 Å². The number of alkyl halides is 2. The van der Waals surface area contributed by atoms with E-state index in [4.69, 9.17) is 5.26 Å². The number of hydrogen-bond acceptors (Lipinski definition) is 5. The normalized spacial score (nSPS) is 15.6. The standard InChI is InChI=1S/C21H13BrF2N6O/c1-11-16(10-26)18(15-6-5-12(9-25)7-17(15)22)30-20(27-28-21(30)31)29(11)14-4-2-3-13(8-14)19(23)24/h2-8,18-19H,1H3,(H,28,31). The molecule has 0 aliphatic carbocycles. The first-order valence-corrected chi connectivity index (χ1v) is 9.82. The molecule has 1 unspecified atom stereocenters. The topological polar surface area (TPSA) is 101 Å². The molecular weight excluding hydrogens is 470 g/mol. The summed E-state index contributed by atoms with van der Waals surface area (Å²) in [5, 5.41) is 25.6. The Hall–Kier alpha value is -3.76. The summed E-state index contributed by atoms with van der Waals surface area (Å²) < 4.78 is 28.4. The van der Waals surface area contributed by atoms with Crippen LogP contribution in [0.25, 0.3) is 0 Å². The quantitative estimate of drug-likeness (QED) is 0.583. The summed E-state index contributed by atoms with van der Waals surface area (Å²) in [6, 6.07) is 13.9. The summed E-state index contributed by atoms with van der Waals surface area (Å²) >= 11 is 3.42. The predicted octanol–water partition coefficient (Wildman–Crippen LogP) is 4.68. The molecule has 154 valence electrons. The summed E-state index contributed by atoms with van der Waals surface area (Å²) in [5.74, 6) is 0.161. The van der Waals surface area contributed by atoms with Crippen LogP contribution in [0.15, 0.2) is 63.0 Å². The van der Waals surface area contributed by atoms with Crippen LogP contribution in [0.1, 0.15) is 36.1 Å². The van der Waals surface area contributed by atoms with E-state index in [0.717, 1.165) is 0 Å². The van der Waals surface area contributed by atoms with Gasteiger partial charge in [0.05, 0.1) is 23.3 Å². The molecular formula is C21H13BrF2N6O. The van der Waals surface area contributed by atoms with E-state index in [1.54, 1.807) is 31.2 Å². The molecule has 0 saturated carbocycles. The van der Waals surface area contributed by atoms with Crippen molar-refractivity contribution in [2.45, 2.75) is 19.4 Å². The van der Waals surface area contributed by atoms with Crippen molar-refractivity contribution < 1.29 is 8.78 Å². The van der Waals surface area contributed by atoms with Gasteiger partial charge in [-0.05, 0) is 36.8 Å². The van der Waals surface area contributed by atoms with E-state index < -0.39 is 18.2 Å². The van der Waals surface area contributed by atoms with Crippen LogP contribution >= 0.6 is 15.9 Å². The number of hydrogen-bond donors (Lipinski definition) is 1. The Kier molecular flexibility index (Phi) is 5.17. The third kappa shape index (κ3) is 3.31. The highest BCUT2D eigenvalue weighted by Crippen LogP contribution is 2.43. The third-order valence-corrected chi connectivity index (χ3v) is 5.75. The van der Waals surface area contributed by atoms with E-state index in [0.29, 0.717) is 27.0 Å². The van der Waals surface area contributed by atoms with Crippen molar-refractivity contribution in [1.82, 2.24) is 14.8 Å². The molecule has 1 aliphatic rings. The first-order valence-electron chi connectivity index (χ1n) is 9.03. The van der Waals surface area contributed by atoms with E-state index in [1.807, 2.05) is 6.07 Å². The summed E-state index contributed by atoms with van der Waals surface area (Å²) in [7, 11) is 0. The Morgan fingerprint density at radius 2 is 1.97 bits per heavy atom. The SMILES string of the molecule is CC1=C(C#N)C(c2ccc(C#N)cc2Br)n2c(n[nH]c2=O)N1c1cccc(C(F)F)c1. The number of H-pyrrole nitrogens is 1. The van der Waals surface area contributed by atoms with Crippen LogP contribution in [-0.2, 0) is 0 Å². The lowest BCUT2D eigenvalue weighted by Gasteiger charge is -2.34. The number of rotatable bonds is 3. The Morgan fingerprint density at radius 3 is 2.61 bits per heavy atom. The smallest absolute Gasteiger partial charge is 0.282 e. The molecule has 0 spiro atoms. The maximum Gasteiger partial charge on any atom is 0.345 e. The van der Waals surface area contributed by atoms with Crippen molar-refractivity contribution in [2.75, 3.05) is 4.90 Å². The minimum Gasteiger partial charge on any atom is -0.282 e. The number of aromatic amines is 1. The van der Waals surface area contributed by atoms with Crippen LogP contribution in [0, 0.1) is 22.7 Å². The van der Waals surface area contributed by atoms with E-state index in [1.165, 1.54) is 27.7 Å². The summed E-state index contributed by atoms with van der Waals surface area (Å²) in [6.45, 7) is 1.67. The number of fused-ring (bicyclic) bond motifs is 1. The molecule has 1 aromatic heterocycles. The monoisotopic (exact) mass is 482 g/mol. The van der Waals surface area contributed by atoms with Crippen LogP contribution in [0.4, 0.5) is 20.4 Å². The molecule has 1 aliphatic heterocycles. The fourth-order valence-electron chi connectivity index (χ4n) is 3.65. The van der Waals surface area contributed by atoms with Crippen LogP contribution < -0.4 is 10.6 Å². The van der Waals surface area contributed by atoms with Gasteiger partial charge in [0.2, 0.25) is 5.95 Å². The molecule has 1 N–H and O–H groups in total. The molecule has 2 aromatic carbocycles. The van der Waals surface area contributed by atoms with E-state index >= 15 is 0 Å². The number of allylic oxidation sites excluding steroid dienone is 2. The lowest BCUT2D eigenvalue weighted by Crippen LogP contribution is -2.35. The van der Waals surface area contributed by atoms with Crippen LogP contribution in [0.2, 0.25) is 0 Å². The van der Waals surface area contributed by atoms with E-state index in [2.05, 4.69) is 32.2 Å². The summed E-state index contributed by atoms with van der Waals surface area (Å²) in [4.78, 5) is 14.2. The van der Waals surface area contributed by atoms with Gasteiger partial charge in [-0.25, -0.2) is 23.2 Å². The highest BCUT2D eigenvalue weighted by atomic mass is 79.9. The fourth-order valence-corrected chi connectivity index (χ4v) is 4.24. The number of benzene rings is 2. The van der Waals surface area contributed by atoms with Crippen LogP contribution in [0.5, 0.6) is 0 Å². The van der Waals surface area contributed by atoms with Gasteiger partial charge in [0.15, 0.2) is 0 Å². The highest BCUT2D eigenvalue weighted by Gasteiger charge is 2.36. The highest BCUT2D eigenvalue weighted by molar-refractivity contribution is 9.10. The van der Waals surface area contributed by atoms with Crippen molar-refractivity contribution in [3.63, 3.8) is 0 Å². The maximum atomic E-state index is 13.3. The van der Waals surface area contributed by atoms with Crippen LogP contribution in [0.3, 0.4) is 0 Å². The first-order chi connectivity index (χ1) is 14.9. The zero-order valence-electron chi connectivity index (χ0n) is 16.0. The van der Waals surface area contributed by atoms with Crippen molar-refractivity contribution in [3.8, 4) is 12.1 Å². The molecule has 31 heavy (non-hydrogen) atoms. The Morgan fingerprint density at radius 1 is 1.19 bits per heavy atom. The molecule has 0 radical (unpaired) electrons. The molecule has 7 nitrogen and oxygen atoms in total. The molecule has 0 amide bonds. The van der Waals surface area contributed by atoms with Gasteiger partial charge in [0.1, 0.15) is 6.04 Å². The Bertz CT molecular complexity index is 1360. The van der Waals surface area contributed by atoms with Gasteiger partial charge in [-0.1, -0.05) is 34.1 Å². The Balaban J connectivity index is 1.98. The zero-order chi connectivity index (χ0) is 22.3. The minimum atomic E-state index is -2.67.